The van der Waals surface area contributed by atoms with Crippen LogP contribution in [-0.4, -0.2) is 145 Å². The van der Waals surface area contributed by atoms with Crippen LogP contribution in [0.15, 0.2) is 41.1 Å². The quantitative estimate of drug-likeness (QED) is 0.222. The van der Waals surface area contributed by atoms with Gasteiger partial charge in [0.25, 0.3) is 0 Å². The maximum Gasteiger partial charge on any atom is 0.316 e. The molecule has 0 saturated carbocycles. The molecule has 2 bridgehead atoms. The molecule has 59 heavy (non-hydrogen) atoms. The number of hydrogen-bond donors (Lipinski definition) is 2. The Morgan fingerprint density at radius 1 is 1.10 bits per heavy atom. The van der Waals surface area contributed by atoms with Gasteiger partial charge in [-0.25, -0.2) is 19.9 Å². The number of imidazole rings is 1. The average Bonchev–Trinajstić information content (AvgIpc) is 3.66. The molecule has 3 fully saturated rings. The van der Waals surface area contributed by atoms with Crippen molar-refractivity contribution in [2.75, 3.05) is 27.3 Å². The van der Waals surface area contributed by atoms with Crippen molar-refractivity contribution in [3.8, 4) is 5.95 Å². The van der Waals surface area contributed by atoms with Crippen molar-refractivity contribution in [3.05, 3.63) is 36.7 Å². The summed E-state index contributed by atoms with van der Waals surface area (Å²) in [6.45, 7) is 12.7. The first-order chi connectivity index (χ1) is 27.8. The van der Waals surface area contributed by atoms with E-state index in [4.69, 9.17) is 28.5 Å². The zero-order valence-corrected chi connectivity index (χ0v) is 35.8. The van der Waals surface area contributed by atoms with E-state index in [0.717, 1.165) is 0 Å². The molecule has 18 nitrogen and oxygen atoms in total. The van der Waals surface area contributed by atoms with Crippen molar-refractivity contribution in [3.63, 3.8) is 0 Å². The van der Waals surface area contributed by atoms with Crippen molar-refractivity contribution in [2.24, 2.45) is 27.9 Å². The highest BCUT2D eigenvalue weighted by molar-refractivity contribution is 6.00. The fourth-order valence-electron chi connectivity index (χ4n) is 8.18. The van der Waals surface area contributed by atoms with Gasteiger partial charge in [0, 0.05) is 49.6 Å². The number of aliphatic imine (C=N–C) groups is 1. The lowest BCUT2D eigenvalue weighted by Gasteiger charge is -2.47. The van der Waals surface area contributed by atoms with Gasteiger partial charge in [0.2, 0.25) is 11.9 Å². The molecule has 5 heterocycles. The van der Waals surface area contributed by atoms with Crippen LogP contribution in [0.1, 0.15) is 86.8 Å². The number of hydrogen-bond acceptors (Lipinski definition) is 16. The van der Waals surface area contributed by atoms with Crippen LogP contribution < -0.4 is 0 Å². The molecule has 326 valence electrons. The fourth-order valence-corrected chi connectivity index (χ4v) is 8.18. The van der Waals surface area contributed by atoms with E-state index < -0.39 is 77.3 Å². The Morgan fingerprint density at radius 3 is 2.47 bits per heavy atom. The number of carbonyl (C=O) groups excluding carboxylic acids is 3. The summed E-state index contributed by atoms with van der Waals surface area (Å²) in [7, 11) is 3.72. The number of ether oxygens (including phenoxy) is 5. The predicted molar refractivity (Wildman–Crippen MR) is 213 cm³/mol. The normalized spacial score (nSPS) is 36.8. The number of amides is 1. The highest BCUT2D eigenvalue weighted by Crippen LogP contribution is 2.39. The number of aliphatic hydroxyl groups is 2. The van der Waals surface area contributed by atoms with E-state index in [0.29, 0.717) is 23.8 Å². The highest BCUT2D eigenvalue weighted by atomic mass is 16.7. The molecule has 0 spiro atoms. The van der Waals surface area contributed by atoms with Gasteiger partial charge in [-0.15, -0.1) is 0 Å². The van der Waals surface area contributed by atoms with E-state index in [1.54, 1.807) is 56.3 Å². The van der Waals surface area contributed by atoms with E-state index in [9.17, 15) is 24.6 Å². The minimum atomic E-state index is -1.84. The maximum absolute atomic E-state index is 14.5. The Balaban J connectivity index is 1.61. The molecule has 0 aromatic carbocycles. The summed E-state index contributed by atoms with van der Waals surface area (Å²) in [5.74, 6) is -4.18. The molecule has 12 atom stereocenters. The molecule has 2 N–H and O–H groups in total. The summed E-state index contributed by atoms with van der Waals surface area (Å²) in [6, 6.07) is 1.38. The summed E-state index contributed by atoms with van der Waals surface area (Å²) in [5, 5.41) is 28.3. The van der Waals surface area contributed by atoms with E-state index in [-0.39, 0.29) is 56.9 Å². The molecule has 3 aliphatic heterocycles. The first kappa shape index (κ1) is 46.0. The second-order valence-electron chi connectivity index (χ2n) is 16.7. The Bertz CT molecular complexity index is 1820. The Labute approximate surface area is 345 Å². The second-order valence-corrected chi connectivity index (χ2v) is 16.7. The van der Waals surface area contributed by atoms with Gasteiger partial charge in [0.15, 0.2) is 18.7 Å². The lowest BCUT2D eigenvalue weighted by molar-refractivity contribution is -0.296. The number of aliphatic hydroxyl groups excluding tert-OH is 1. The van der Waals surface area contributed by atoms with Gasteiger partial charge in [-0.2, -0.15) is 0 Å². The maximum atomic E-state index is 14.5. The third kappa shape index (κ3) is 11.0. The van der Waals surface area contributed by atoms with Crippen LogP contribution in [0.4, 0.5) is 0 Å². The number of carbonyl (C=O) groups is 3. The first-order valence-electron chi connectivity index (χ1n) is 20.3. The SMILES string of the molecule is CC[C@H]1OC(=O)[C@H](C)C(=O)[C@H](C)[C@@H](O[C@@H]2O[C@H](C)C[C@H](N(C)C)[C@H]2O)[C@@]2(C)C[C@@H](C)C(=NC(C)=O)C[C@@H](OC/C(=N/OCc3cn(-c4ncccn4)cn3)CO2)[C@]1(C)O. The van der Waals surface area contributed by atoms with Gasteiger partial charge in [0.1, 0.15) is 35.8 Å². The molecule has 1 amide bonds. The van der Waals surface area contributed by atoms with Gasteiger partial charge in [0.05, 0.1) is 42.8 Å². The average molecular weight is 828 g/mol. The zero-order valence-electron chi connectivity index (χ0n) is 35.8. The van der Waals surface area contributed by atoms with Crippen LogP contribution in [0.3, 0.4) is 0 Å². The molecule has 0 unspecified atom stereocenters. The highest BCUT2D eigenvalue weighted by Gasteiger charge is 2.51. The Hall–Kier alpha value is -4.04. The monoisotopic (exact) mass is 827 g/mol. The second kappa shape index (κ2) is 19.6. The van der Waals surface area contributed by atoms with Crippen LogP contribution in [0, 0.1) is 17.8 Å². The molecule has 18 heteroatoms. The van der Waals surface area contributed by atoms with E-state index >= 15 is 0 Å². The van der Waals surface area contributed by atoms with Crippen LogP contribution >= 0.6 is 0 Å². The number of fused-ring (bicyclic) bond motifs is 5. The minimum Gasteiger partial charge on any atom is -0.459 e. The molecule has 3 saturated heterocycles. The molecular weight excluding hydrogens is 766 g/mol. The van der Waals surface area contributed by atoms with Crippen molar-refractivity contribution >= 4 is 29.1 Å². The van der Waals surface area contributed by atoms with Gasteiger partial charge in [-0.05, 0) is 73.0 Å². The number of rotatable bonds is 8. The summed E-state index contributed by atoms with van der Waals surface area (Å²) in [4.78, 5) is 65.9. The van der Waals surface area contributed by atoms with Crippen LogP contribution in [0.5, 0.6) is 0 Å². The summed E-state index contributed by atoms with van der Waals surface area (Å²) in [6.07, 6.45) is 1.35. The molecule has 5 rings (SSSR count). The summed E-state index contributed by atoms with van der Waals surface area (Å²) >= 11 is 0. The predicted octanol–water partition coefficient (Wildman–Crippen LogP) is 2.85. The summed E-state index contributed by atoms with van der Waals surface area (Å²) < 4.78 is 33.8. The van der Waals surface area contributed by atoms with Gasteiger partial charge >= 0.3 is 5.97 Å². The number of esters is 1. The van der Waals surface area contributed by atoms with Gasteiger partial charge in [-0.3, -0.25) is 19.0 Å². The number of ketones is 1. The minimum absolute atomic E-state index is 0.0347. The van der Waals surface area contributed by atoms with Crippen molar-refractivity contribution < 1.29 is 53.1 Å². The molecular formula is C41H61N7O11. The molecule has 2 aromatic heterocycles. The standard InChI is InChI=1S/C41H61N7O11/c1-11-32-41(8,53)33-16-30(45-27(6)49)23(2)17-40(7,55-20-29(19-54-33)46-56-21-28-18-48(22-44-28)39-42-13-12-14-43-39)36(25(4)34(50)26(5)37(52)58-32)59-38-35(51)31(47(9)10)15-24(3)57-38/h12-14,18,22-26,31-33,35-36,38,51,53H,11,15-17,19-21H2,1-10H3/b45-30?,46-29-/t23-,24-,25+,26-,31+,32-,33-,35-,36-,38+,40-,41-/m1/s1. The topological polar surface area (TPSA) is 219 Å². The van der Waals surface area contributed by atoms with E-state index in [1.807, 2.05) is 32.8 Å². The van der Waals surface area contributed by atoms with Crippen molar-refractivity contribution in [1.82, 2.24) is 24.4 Å². The zero-order chi connectivity index (χ0) is 43.2. The Morgan fingerprint density at radius 2 is 1.81 bits per heavy atom. The Kier molecular flexibility index (Phi) is 15.3. The molecule has 3 aliphatic rings. The third-order valence-corrected chi connectivity index (χ3v) is 11.6. The molecule has 2 aromatic rings. The largest absolute Gasteiger partial charge is 0.459 e. The van der Waals surface area contributed by atoms with Gasteiger partial charge < -0.3 is 43.6 Å². The number of nitrogens with zero attached hydrogens (tertiary/aromatic N) is 7. The lowest BCUT2D eigenvalue weighted by atomic mass is 9.76. The number of aromatic nitrogens is 4. The smallest absolute Gasteiger partial charge is 0.316 e. The number of Topliss-reactive ketones (excluding diaryl/α,β-unsaturated/α-hetero) is 1. The molecule has 0 aliphatic carbocycles. The molecule has 0 radical (unpaired) electrons. The van der Waals surface area contributed by atoms with Gasteiger partial charge in [-0.1, -0.05) is 25.9 Å². The number of oxime groups is 1. The first-order valence-corrected chi connectivity index (χ1v) is 20.3. The van der Waals surface area contributed by atoms with Crippen LogP contribution in [0.25, 0.3) is 5.95 Å². The van der Waals surface area contributed by atoms with Crippen LogP contribution in [0.2, 0.25) is 0 Å². The summed E-state index contributed by atoms with van der Waals surface area (Å²) in [5.41, 5.74) is -2.05. The number of cyclic esters (lactones) is 1. The third-order valence-electron chi connectivity index (χ3n) is 11.6. The van der Waals surface area contributed by atoms with Crippen LogP contribution in [-0.2, 0) is 49.5 Å². The van der Waals surface area contributed by atoms with E-state index in [2.05, 4.69) is 25.1 Å². The van der Waals surface area contributed by atoms with E-state index in [1.165, 1.54) is 20.8 Å². The lowest BCUT2D eigenvalue weighted by Crippen LogP contribution is -2.59. The van der Waals surface area contributed by atoms with Crippen molar-refractivity contribution in [2.45, 2.75) is 142 Å². The number of likely N-dealkylation sites (N-methyl/N-ethyl adjacent to an activating group) is 1. The fraction of sp³-hybridized carbons (Fsp3) is 0.707. The van der Waals surface area contributed by atoms with Crippen molar-refractivity contribution in [1.29, 1.82) is 0 Å².